The molecule has 2 rings (SSSR count). The Labute approximate surface area is 92.7 Å². The van der Waals surface area contributed by atoms with E-state index in [1.165, 1.54) is 6.20 Å². The molecular formula is C9H9N3O3S. The van der Waals surface area contributed by atoms with Crippen LogP contribution < -0.4 is 9.88 Å². The standard InChI is InChI=1S/C9H9N3O3S/c10-3-6-4-12-5-8(15-7-1-2-7)9(6)16(11,13)14/h4-5,7H,1-2H2,(H2,11,13,14). The highest BCUT2D eigenvalue weighted by Crippen LogP contribution is 2.31. The van der Waals surface area contributed by atoms with Gasteiger partial charge in [-0.15, -0.1) is 0 Å². The monoisotopic (exact) mass is 239 g/mol. The third kappa shape index (κ3) is 2.13. The number of pyridine rings is 1. The van der Waals surface area contributed by atoms with Crippen molar-refractivity contribution in [3.63, 3.8) is 0 Å². The van der Waals surface area contributed by atoms with Crippen LogP contribution in [-0.2, 0) is 10.0 Å². The maximum absolute atomic E-state index is 11.4. The molecule has 1 aromatic heterocycles. The van der Waals surface area contributed by atoms with E-state index in [4.69, 9.17) is 15.1 Å². The fourth-order valence-electron chi connectivity index (χ4n) is 1.25. The quantitative estimate of drug-likeness (QED) is 0.807. The van der Waals surface area contributed by atoms with E-state index in [0.29, 0.717) is 0 Å². The van der Waals surface area contributed by atoms with Gasteiger partial charge >= 0.3 is 0 Å². The SMILES string of the molecule is N#Cc1cncc(OC2CC2)c1S(N)(=O)=O. The fraction of sp³-hybridized carbons (Fsp3) is 0.333. The van der Waals surface area contributed by atoms with Gasteiger partial charge in [0, 0.05) is 6.20 Å². The average molecular weight is 239 g/mol. The number of hydrogen-bond acceptors (Lipinski definition) is 5. The van der Waals surface area contributed by atoms with Gasteiger partial charge in [0.25, 0.3) is 0 Å². The topological polar surface area (TPSA) is 106 Å². The van der Waals surface area contributed by atoms with Crippen LogP contribution in [0.25, 0.3) is 0 Å². The van der Waals surface area contributed by atoms with E-state index in [1.54, 1.807) is 6.07 Å². The molecule has 16 heavy (non-hydrogen) atoms. The molecule has 1 heterocycles. The summed E-state index contributed by atoms with van der Waals surface area (Å²) in [7, 11) is -3.98. The minimum absolute atomic E-state index is 0.0104. The molecule has 0 radical (unpaired) electrons. The lowest BCUT2D eigenvalue weighted by atomic mass is 10.3. The molecule has 0 unspecified atom stereocenters. The molecule has 0 saturated heterocycles. The van der Waals surface area contributed by atoms with Crippen LogP contribution in [-0.4, -0.2) is 19.5 Å². The smallest absolute Gasteiger partial charge is 0.243 e. The van der Waals surface area contributed by atoms with Crippen LogP contribution in [0.15, 0.2) is 17.3 Å². The zero-order chi connectivity index (χ0) is 11.8. The molecule has 0 aromatic carbocycles. The highest BCUT2D eigenvalue weighted by molar-refractivity contribution is 7.89. The second-order valence-corrected chi connectivity index (χ2v) is 4.99. The van der Waals surface area contributed by atoms with Crippen LogP contribution in [0.3, 0.4) is 0 Å². The minimum Gasteiger partial charge on any atom is -0.487 e. The molecule has 7 heteroatoms. The maximum Gasteiger partial charge on any atom is 0.243 e. The molecular weight excluding hydrogens is 230 g/mol. The van der Waals surface area contributed by atoms with E-state index in [2.05, 4.69) is 4.98 Å². The number of ether oxygens (including phenoxy) is 1. The van der Waals surface area contributed by atoms with Crippen molar-refractivity contribution in [2.24, 2.45) is 5.14 Å². The summed E-state index contributed by atoms with van der Waals surface area (Å²) < 4.78 is 28.1. The van der Waals surface area contributed by atoms with Crippen LogP contribution in [0.2, 0.25) is 0 Å². The molecule has 1 saturated carbocycles. The Morgan fingerprint density at radius 1 is 1.50 bits per heavy atom. The zero-order valence-electron chi connectivity index (χ0n) is 8.25. The molecule has 0 aliphatic heterocycles. The van der Waals surface area contributed by atoms with Crippen molar-refractivity contribution in [3.8, 4) is 11.8 Å². The molecule has 2 N–H and O–H groups in total. The van der Waals surface area contributed by atoms with Crippen molar-refractivity contribution in [3.05, 3.63) is 18.0 Å². The molecule has 84 valence electrons. The molecule has 0 atom stereocenters. The first-order valence-electron chi connectivity index (χ1n) is 4.60. The Hall–Kier alpha value is -1.65. The number of sulfonamides is 1. The highest BCUT2D eigenvalue weighted by Gasteiger charge is 2.28. The first-order chi connectivity index (χ1) is 7.52. The summed E-state index contributed by atoms with van der Waals surface area (Å²) in [5, 5.41) is 13.8. The number of aromatic nitrogens is 1. The average Bonchev–Trinajstić information content (AvgIpc) is 2.99. The van der Waals surface area contributed by atoms with Crippen molar-refractivity contribution < 1.29 is 13.2 Å². The van der Waals surface area contributed by atoms with Gasteiger partial charge < -0.3 is 4.74 Å². The summed E-state index contributed by atoms with van der Waals surface area (Å²) in [4.78, 5) is 3.46. The zero-order valence-corrected chi connectivity index (χ0v) is 9.07. The summed E-state index contributed by atoms with van der Waals surface area (Å²) in [6, 6.07) is 1.73. The van der Waals surface area contributed by atoms with E-state index in [-0.39, 0.29) is 22.3 Å². The van der Waals surface area contributed by atoms with E-state index in [9.17, 15) is 8.42 Å². The van der Waals surface area contributed by atoms with Gasteiger partial charge in [0.05, 0.1) is 17.9 Å². The van der Waals surface area contributed by atoms with Gasteiger partial charge in [-0.25, -0.2) is 13.6 Å². The van der Waals surface area contributed by atoms with Crippen LogP contribution in [0.1, 0.15) is 18.4 Å². The van der Waals surface area contributed by atoms with E-state index in [0.717, 1.165) is 19.0 Å². The van der Waals surface area contributed by atoms with Gasteiger partial charge in [-0.1, -0.05) is 0 Å². The predicted molar refractivity (Wildman–Crippen MR) is 54.0 cm³/mol. The summed E-state index contributed by atoms with van der Waals surface area (Å²) in [6.45, 7) is 0. The first-order valence-corrected chi connectivity index (χ1v) is 6.14. The second-order valence-electron chi connectivity index (χ2n) is 3.49. The molecule has 1 aliphatic carbocycles. The van der Waals surface area contributed by atoms with Crippen molar-refractivity contribution in [2.75, 3.05) is 0 Å². The minimum atomic E-state index is -3.98. The maximum atomic E-state index is 11.4. The first kappa shape index (κ1) is 10.9. The predicted octanol–water partition coefficient (Wildman–Crippen LogP) is 0.142. The van der Waals surface area contributed by atoms with Crippen molar-refractivity contribution in [1.82, 2.24) is 4.98 Å². The van der Waals surface area contributed by atoms with Gasteiger partial charge in [-0.05, 0) is 12.8 Å². The van der Waals surface area contributed by atoms with Gasteiger partial charge in [0.15, 0.2) is 5.75 Å². The van der Waals surface area contributed by atoms with Crippen LogP contribution in [0, 0.1) is 11.3 Å². The van der Waals surface area contributed by atoms with Crippen LogP contribution in [0.5, 0.6) is 5.75 Å². The lowest BCUT2D eigenvalue weighted by molar-refractivity contribution is 0.293. The fourth-order valence-corrected chi connectivity index (χ4v) is 2.04. The third-order valence-corrected chi connectivity index (χ3v) is 3.08. The number of hydrogen-bond donors (Lipinski definition) is 1. The molecule has 0 spiro atoms. The van der Waals surface area contributed by atoms with E-state index in [1.807, 2.05) is 0 Å². The summed E-state index contributed by atoms with van der Waals surface area (Å²) >= 11 is 0. The van der Waals surface area contributed by atoms with Gasteiger partial charge in [0.1, 0.15) is 11.0 Å². The third-order valence-electron chi connectivity index (χ3n) is 2.09. The molecule has 1 aliphatic rings. The van der Waals surface area contributed by atoms with Crippen molar-refractivity contribution >= 4 is 10.0 Å². The lowest BCUT2D eigenvalue weighted by Crippen LogP contribution is -2.16. The molecule has 1 fully saturated rings. The van der Waals surface area contributed by atoms with Crippen molar-refractivity contribution in [2.45, 2.75) is 23.8 Å². The van der Waals surface area contributed by atoms with Gasteiger partial charge in [-0.2, -0.15) is 5.26 Å². The summed E-state index contributed by atoms with van der Waals surface area (Å²) in [5.41, 5.74) is -0.0966. The Bertz CT molecular complexity index is 558. The Morgan fingerprint density at radius 3 is 2.69 bits per heavy atom. The normalized spacial score (nSPS) is 15.5. The molecule has 0 amide bonds. The number of nitriles is 1. The molecule has 6 nitrogen and oxygen atoms in total. The van der Waals surface area contributed by atoms with E-state index >= 15 is 0 Å². The Morgan fingerprint density at radius 2 is 2.19 bits per heavy atom. The second kappa shape index (κ2) is 3.73. The number of nitrogens with two attached hydrogens (primary N) is 1. The van der Waals surface area contributed by atoms with Gasteiger partial charge in [-0.3, -0.25) is 4.98 Å². The number of rotatable bonds is 3. The summed E-state index contributed by atoms with van der Waals surface area (Å²) in [5.74, 6) is 0.0593. The Kier molecular flexibility index (Phi) is 2.53. The number of primary sulfonamides is 1. The van der Waals surface area contributed by atoms with Crippen LogP contribution >= 0.6 is 0 Å². The largest absolute Gasteiger partial charge is 0.487 e. The van der Waals surface area contributed by atoms with Crippen molar-refractivity contribution in [1.29, 1.82) is 5.26 Å². The van der Waals surface area contributed by atoms with Gasteiger partial charge in [0.2, 0.25) is 10.0 Å². The van der Waals surface area contributed by atoms with E-state index < -0.39 is 10.0 Å². The molecule has 0 bridgehead atoms. The van der Waals surface area contributed by atoms with Crippen LogP contribution in [0.4, 0.5) is 0 Å². The highest BCUT2D eigenvalue weighted by atomic mass is 32.2. The molecule has 1 aromatic rings. The Balaban J connectivity index is 2.55. The lowest BCUT2D eigenvalue weighted by Gasteiger charge is -2.09. The summed E-state index contributed by atoms with van der Waals surface area (Å²) in [6.07, 6.45) is 4.18. The number of nitrogens with zero attached hydrogens (tertiary/aromatic N) is 2.